The van der Waals surface area contributed by atoms with Crippen molar-refractivity contribution in [1.29, 1.82) is 0 Å². The number of nitrogens with two attached hydrogens (primary N) is 1. The van der Waals surface area contributed by atoms with Gasteiger partial charge in [-0.05, 0) is 35.2 Å². The summed E-state index contributed by atoms with van der Waals surface area (Å²) in [6, 6.07) is 13.2. The van der Waals surface area contributed by atoms with Gasteiger partial charge in [0.2, 0.25) is 0 Å². The van der Waals surface area contributed by atoms with E-state index >= 15 is 0 Å². The summed E-state index contributed by atoms with van der Waals surface area (Å²) in [6.45, 7) is 4.69. The molecule has 0 bridgehead atoms. The van der Waals surface area contributed by atoms with Crippen molar-refractivity contribution in [2.24, 2.45) is 0 Å². The molecule has 2 aromatic rings. The molecule has 0 radical (unpaired) electrons. The predicted octanol–water partition coefficient (Wildman–Crippen LogP) is 3.76. The van der Waals surface area contributed by atoms with Crippen LogP contribution in [0.2, 0.25) is 0 Å². The van der Waals surface area contributed by atoms with E-state index in [0.717, 1.165) is 5.56 Å². The van der Waals surface area contributed by atoms with Gasteiger partial charge in [0.15, 0.2) is 0 Å². The Morgan fingerprint density at radius 2 is 1.82 bits per heavy atom. The van der Waals surface area contributed by atoms with Gasteiger partial charge in [0.05, 0.1) is 7.11 Å². The first-order chi connectivity index (χ1) is 10.5. The highest BCUT2D eigenvalue weighted by atomic mass is 16.5. The number of anilines is 1. The lowest BCUT2D eigenvalue weighted by Crippen LogP contribution is -2.06. The zero-order valence-electron chi connectivity index (χ0n) is 13.1. The van der Waals surface area contributed by atoms with Crippen molar-refractivity contribution in [2.45, 2.75) is 26.4 Å². The third-order valence-electron chi connectivity index (χ3n) is 3.45. The molecule has 116 valence electrons. The smallest absolute Gasteiger partial charge is 0.341 e. The Balaban J connectivity index is 2.12. The number of carbonyl (C=O) groups excluding carboxylic acids is 1. The molecule has 0 saturated carbocycles. The van der Waals surface area contributed by atoms with E-state index in [9.17, 15) is 4.79 Å². The van der Waals surface area contributed by atoms with Crippen molar-refractivity contribution in [1.82, 2.24) is 0 Å². The quantitative estimate of drug-likeness (QED) is 0.674. The third kappa shape index (κ3) is 3.79. The fourth-order valence-corrected chi connectivity index (χ4v) is 2.10. The fourth-order valence-electron chi connectivity index (χ4n) is 2.10. The van der Waals surface area contributed by atoms with E-state index in [0.29, 0.717) is 29.5 Å². The molecule has 2 N–H and O–H groups in total. The summed E-state index contributed by atoms with van der Waals surface area (Å²) in [5.74, 6) is 0.504. The van der Waals surface area contributed by atoms with Crippen LogP contribution in [-0.4, -0.2) is 13.1 Å². The van der Waals surface area contributed by atoms with Gasteiger partial charge in [0.1, 0.15) is 17.9 Å². The van der Waals surface area contributed by atoms with E-state index in [4.69, 9.17) is 15.2 Å². The maximum absolute atomic E-state index is 11.8. The van der Waals surface area contributed by atoms with Gasteiger partial charge in [-0.15, -0.1) is 0 Å². The molecule has 0 fully saturated rings. The average molecular weight is 299 g/mol. The molecular weight excluding hydrogens is 278 g/mol. The number of ether oxygens (including phenoxy) is 2. The molecule has 0 heterocycles. The van der Waals surface area contributed by atoms with E-state index in [1.165, 1.54) is 12.7 Å². The molecule has 0 unspecified atom stereocenters. The van der Waals surface area contributed by atoms with Gasteiger partial charge >= 0.3 is 5.97 Å². The summed E-state index contributed by atoms with van der Waals surface area (Å²) < 4.78 is 10.5. The van der Waals surface area contributed by atoms with Gasteiger partial charge in [-0.1, -0.05) is 38.1 Å². The molecule has 0 aliphatic carbocycles. The van der Waals surface area contributed by atoms with Crippen LogP contribution in [0, 0.1) is 0 Å². The maximum Gasteiger partial charge on any atom is 0.341 e. The zero-order chi connectivity index (χ0) is 16.1. The van der Waals surface area contributed by atoms with Gasteiger partial charge in [0, 0.05) is 5.69 Å². The van der Waals surface area contributed by atoms with Crippen LogP contribution in [-0.2, 0) is 11.3 Å². The van der Waals surface area contributed by atoms with Crippen molar-refractivity contribution in [2.75, 3.05) is 12.8 Å². The summed E-state index contributed by atoms with van der Waals surface area (Å²) in [4.78, 5) is 11.8. The van der Waals surface area contributed by atoms with Gasteiger partial charge < -0.3 is 15.2 Å². The number of methoxy groups -OCH3 is 1. The second kappa shape index (κ2) is 6.98. The predicted molar refractivity (Wildman–Crippen MR) is 87.1 cm³/mol. The second-order valence-electron chi connectivity index (χ2n) is 5.43. The Bertz CT molecular complexity index is 648. The van der Waals surface area contributed by atoms with Crippen LogP contribution >= 0.6 is 0 Å². The topological polar surface area (TPSA) is 61.5 Å². The molecule has 0 aliphatic heterocycles. The lowest BCUT2D eigenvalue weighted by molar-refractivity contribution is 0.0595. The summed E-state index contributed by atoms with van der Waals surface area (Å²) >= 11 is 0. The Morgan fingerprint density at radius 3 is 2.41 bits per heavy atom. The normalized spacial score (nSPS) is 10.5. The summed E-state index contributed by atoms with van der Waals surface area (Å²) in [7, 11) is 1.33. The van der Waals surface area contributed by atoms with E-state index in [-0.39, 0.29) is 0 Å². The van der Waals surface area contributed by atoms with E-state index in [1.54, 1.807) is 18.2 Å². The lowest BCUT2D eigenvalue weighted by atomic mass is 10.0. The second-order valence-corrected chi connectivity index (χ2v) is 5.43. The number of esters is 1. The first kappa shape index (κ1) is 15.9. The largest absolute Gasteiger partial charge is 0.488 e. The monoisotopic (exact) mass is 299 g/mol. The standard InChI is InChI=1S/C18H21NO3/c1-12(2)14-6-4-13(5-7-14)11-22-17-9-8-15(19)10-16(17)18(20)21-3/h4-10,12H,11,19H2,1-3H3. The van der Waals surface area contributed by atoms with Gasteiger partial charge in [0.25, 0.3) is 0 Å². The molecule has 2 rings (SSSR count). The van der Waals surface area contributed by atoms with Crippen LogP contribution in [0.1, 0.15) is 41.3 Å². The van der Waals surface area contributed by atoms with E-state index in [1.807, 2.05) is 12.1 Å². The highest BCUT2D eigenvalue weighted by molar-refractivity contribution is 5.93. The summed E-state index contributed by atoms with van der Waals surface area (Å²) in [6.07, 6.45) is 0. The number of rotatable bonds is 5. The van der Waals surface area contributed by atoms with Crippen molar-refractivity contribution >= 4 is 11.7 Å². The molecule has 0 saturated heterocycles. The van der Waals surface area contributed by atoms with Crippen LogP contribution in [0.25, 0.3) is 0 Å². The lowest BCUT2D eigenvalue weighted by Gasteiger charge is -2.12. The molecule has 2 aromatic carbocycles. The number of carbonyl (C=O) groups is 1. The minimum atomic E-state index is -0.461. The van der Waals surface area contributed by atoms with Crippen molar-refractivity contribution in [3.63, 3.8) is 0 Å². The van der Waals surface area contributed by atoms with Crippen molar-refractivity contribution < 1.29 is 14.3 Å². The molecule has 0 atom stereocenters. The van der Waals surface area contributed by atoms with E-state index in [2.05, 4.69) is 26.0 Å². The maximum atomic E-state index is 11.8. The zero-order valence-corrected chi connectivity index (χ0v) is 13.1. The van der Waals surface area contributed by atoms with Crippen molar-refractivity contribution in [3.8, 4) is 5.75 Å². The van der Waals surface area contributed by atoms with Crippen LogP contribution < -0.4 is 10.5 Å². The Morgan fingerprint density at radius 1 is 1.14 bits per heavy atom. The van der Waals surface area contributed by atoms with E-state index < -0.39 is 5.97 Å². The van der Waals surface area contributed by atoms with Crippen LogP contribution in [0.15, 0.2) is 42.5 Å². The highest BCUT2D eigenvalue weighted by Gasteiger charge is 2.13. The molecule has 22 heavy (non-hydrogen) atoms. The first-order valence-electron chi connectivity index (χ1n) is 7.20. The Kier molecular flexibility index (Phi) is 5.04. The van der Waals surface area contributed by atoms with Gasteiger partial charge in [-0.2, -0.15) is 0 Å². The van der Waals surface area contributed by atoms with Gasteiger partial charge in [-0.3, -0.25) is 0 Å². The first-order valence-corrected chi connectivity index (χ1v) is 7.20. The van der Waals surface area contributed by atoms with Crippen molar-refractivity contribution in [3.05, 3.63) is 59.2 Å². The fraction of sp³-hybridized carbons (Fsp3) is 0.278. The molecule has 0 aliphatic rings. The minimum Gasteiger partial charge on any atom is -0.488 e. The molecule has 4 heteroatoms. The summed E-state index contributed by atoms with van der Waals surface area (Å²) in [5.41, 5.74) is 8.86. The van der Waals surface area contributed by atoms with Crippen LogP contribution in [0.3, 0.4) is 0 Å². The number of nitrogen functional groups attached to an aromatic ring is 1. The third-order valence-corrected chi connectivity index (χ3v) is 3.45. The molecule has 0 spiro atoms. The summed E-state index contributed by atoms with van der Waals surface area (Å²) in [5, 5.41) is 0. The van der Waals surface area contributed by atoms with Crippen LogP contribution in [0.4, 0.5) is 5.69 Å². The SMILES string of the molecule is COC(=O)c1cc(N)ccc1OCc1ccc(C(C)C)cc1. The molecule has 0 aromatic heterocycles. The van der Waals surface area contributed by atoms with Crippen LogP contribution in [0.5, 0.6) is 5.75 Å². The molecule has 4 nitrogen and oxygen atoms in total. The minimum absolute atomic E-state index is 0.335. The molecule has 0 amide bonds. The molecular formula is C18H21NO3. The Labute approximate surface area is 130 Å². The van der Waals surface area contributed by atoms with Gasteiger partial charge in [-0.25, -0.2) is 4.79 Å². The Hall–Kier alpha value is -2.49. The number of hydrogen-bond acceptors (Lipinski definition) is 4. The highest BCUT2D eigenvalue weighted by Crippen LogP contribution is 2.23. The number of hydrogen-bond donors (Lipinski definition) is 1. The number of benzene rings is 2. The average Bonchev–Trinajstić information content (AvgIpc) is 2.53.